The molecule has 1 aliphatic heterocycles. The number of fused-ring (bicyclic) bond motifs is 1. The molecule has 7 nitrogen and oxygen atoms in total. The number of ether oxygens (including phenoxy) is 2. The summed E-state index contributed by atoms with van der Waals surface area (Å²) in [6.45, 7) is 1.04. The molecule has 3 N–H and O–H groups in total. The van der Waals surface area contributed by atoms with E-state index >= 15 is 0 Å². The summed E-state index contributed by atoms with van der Waals surface area (Å²) in [6.07, 6.45) is 3.75. The topological polar surface area (TPSA) is 89.2 Å². The summed E-state index contributed by atoms with van der Waals surface area (Å²) >= 11 is 0. The highest BCUT2D eigenvalue weighted by molar-refractivity contribution is 5.87. The molecule has 0 spiro atoms. The van der Waals surface area contributed by atoms with E-state index in [1.54, 1.807) is 14.2 Å². The fourth-order valence-electron chi connectivity index (χ4n) is 4.32. The van der Waals surface area contributed by atoms with Crippen molar-refractivity contribution in [3.63, 3.8) is 0 Å². The van der Waals surface area contributed by atoms with Gasteiger partial charge in [-0.1, -0.05) is 6.07 Å². The van der Waals surface area contributed by atoms with E-state index in [9.17, 15) is 4.79 Å². The number of carbonyl (C=O) groups is 1. The Morgan fingerprint density at radius 1 is 1.32 bits per heavy atom. The van der Waals surface area contributed by atoms with E-state index in [0.717, 1.165) is 49.4 Å². The number of primary amides is 1. The second-order valence-electron chi connectivity index (χ2n) is 6.83. The first-order valence-corrected chi connectivity index (χ1v) is 8.54. The maximum atomic E-state index is 10.9. The van der Waals surface area contributed by atoms with Crippen molar-refractivity contribution >= 4 is 11.7 Å². The van der Waals surface area contributed by atoms with Crippen LogP contribution in [0, 0.1) is 0 Å². The summed E-state index contributed by atoms with van der Waals surface area (Å²) in [5.74, 6) is 1.51. The number of hydrogen-bond donors (Lipinski definition) is 2. The van der Waals surface area contributed by atoms with Crippen molar-refractivity contribution in [1.82, 2.24) is 10.3 Å². The maximum Gasteiger partial charge on any atom is 0.332 e. The highest BCUT2D eigenvalue weighted by Gasteiger charge is 2.49. The fourth-order valence-corrected chi connectivity index (χ4v) is 4.32. The Hall–Kier alpha value is -2.28. The lowest BCUT2D eigenvalue weighted by Gasteiger charge is -2.42. The fraction of sp³-hybridized carbons (Fsp3) is 0.556. The number of urea groups is 1. The summed E-state index contributed by atoms with van der Waals surface area (Å²) in [4.78, 5) is 13.3. The molecule has 1 aromatic carbocycles. The molecule has 7 heteroatoms. The first-order valence-electron chi connectivity index (χ1n) is 8.54. The molecular formula is C18H26N4O3. The van der Waals surface area contributed by atoms with Gasteiger partial charge in [0, 0.05) is 23.6 Å². The number of likely N-dealkylation sites (N-methyl/N-ethyl adjacent to an activating group) is 1. The number of nitrogens with zero attached hydrogens (tertiary/aromatic N) is 2. The number of likely N-dealkylation sites (tertiary alicyclic amines) is 1. The molecule has 2 aliphatic rings. The van der Waals surface area contributed by atoms with Crippen LogP contribution in [0.4, 0.5) is 4.79 Å². The first kappa shape index (κ1) is 17.5. The lowest BCUT2D eigenvalue weighted by molar-refractivity contribution is 0.225. The molecule has 0 aromatic heterocycles. The Bertz CT molecular complexity index is 691. The van der Waals surface area contributed by atoms with Gasteiger partial charge in [0.25, 0.3) is 0 Å². The van der Waals surface area contributed by atoms with Gasteiger partial charge in [0.2, 0.25) is 0 Å². The van der Waals surface area contributed by atoms with Gasteiger partial charge in [-0.2, -0.15) is 5.10 Å². The average Bonchev–Trinajstić information content (AvgIpc) is 2.97. The van der Waals surface area contributed by atoms with Crippen molar-refractivity contribution < 1.29 is 14.3 Å². The smallest absolute Gasteiger partial charge is 0.332 e. The monoisotopic (exact) mass is 346 g/mol. The number of amides is 2. The van der Waals surface area contributed by atoms with Crippen LogP contribution in [0.1, 0.15) is 31.2 Å². The quantitative estimate of drug-likeness (QED) is 0.814. The molecule has 3 rings (SSSR count). The van der Waals surface area contributed by atoms with Crippen molar-refractivity contribution in [2.45, 2.75) is 37.1 Å². The number of benzene rings is 1. The van der Waals surface area contributed by atoms with Gasteiger partial charge in [-0.25, -0.2) is 10.2 Å². The molecule has 0 radical (unpaired) electrons. The van der Waals surface area contributed by atoms with Crippen LogP contribution < -0.4 is 20.6 Å². The van der Waals surface area contributed by atoms with Crippen LogP contribution in [0.15, 0.2) is 23.3 Å². The van der Waals surface area contributed by atoms with Gasteiger partial charge in [-0.3, -0.25) is 0 Å². The van der Waals surface area contributed by atoms with Gasteiger partial charge in [0.05, 0.1) is 14.2 Å². The van der Waals surface area contributed by atoms with E-state index in [0.29, 0.717) is 6.04 Å². The van der Waals surface area contributed by atoms with E-state index in [2.05, 4.69) is 34.6 Å². The highest BCUT2D eigenvalue weighted by atomic mass is 16.5. The second kappa shape index (κ2) is 6.92. The predicted molar refractivity (Wildman–Crippen MR) is 96.3 cm³/mol. The van der Waals surface area contributed by atoms with E-state index in [4.69, 9.17) is 15.2 Å². The third-order valence-electron chi connectivity index (χ3n) is 5.65. The molecule has 1 aliphatic carbocycles. The zero-order valence-electron chi connectivity index (χ0n) is 15.0. The minimum atomic E-state index is -0.621. The van der Waals surface area contributed by atoms with Crippen LogP contribution in [-0.4, -0.2) is 50.5 Å². The Morgan fingerprint density at radius 2 is 2.08 bits per heavy atom. The van der Waals surface area contributed by atoms with Gasteiger partial charge in [0.1, 0.15) is 0 Å². The van der Waals surface area contributed by atoms with Crippen molar-refractivity contribution in [3.05, 3.63) is 23.8 Å². The van der Waals surface area contributed by atoms with Gasteiger partial charge >= 0.3 is 6.03 Å². The number of hydrazone groups is 1. The minimum absolute atomic E-state index is 0.0695. The van der Waals surface area contributed by atoms with E-state index < -0.39 is 6.03 Å². The van der Waals surface area contributed by atoms with Crippen LogP contribution in [0.5, 0.6) is 11.5 Å². The van der Waals surface area contributed by atoms with Crippen LogP contribution >= 0.6 is 0 Å². The van der Waals surface area contributed by atoms with E-state index in [-0.39, 0.29) is 5.41 Å². The second-order valence-corrected chi connectivity index (χ2v) is 6.83. The van der Waals surface area contributed by atoms with Crippen molar-refractivity contribution in [2.75, 3.05) is 27.8 Å². The number of carbonyl (C=O) groups excluding carboxylic acids is 1. The van der Waals surface area contributed by atoms with Gasteiger partial charge < -0.3 is 20.1 Å². The summed E-state index contributed by atoms with van der Waals surface area (Å²) in [7, 11) is 5.47. The molecule has 2 atom stereocenters. The normalized spacial score (nSPS) is 27.8. The first-order chi connectivity index (χ1) is 12.0. The van der Waals surface area contributed by atoms with Crippen LogP contribution in [0.2, 0.25) is 0 Å². The minimum Gasteiger partial charge on any atom is -0.493 e. The number of methoxy groups -OCH3 is 2. The number of rotatable bonds is 4. The molecule has 2 amide bonds. The Balaban J connectivity index is 1.92. The SMILES string of the molecule is COc1ccc(C23CC/C(=N\NC(N)=O)CC2N(C)CC3)cc1OC. The molecule has 1 heterocycles. The number of hydrogen-bond acceptors (Lipinski definition) is 5. The van der Waals surface area contributed by atoms with Gasteiger partial charge in [-0.15, -0.1) is 0 Å². The van der Waals surface area contributed by atoms with Crippen molar-refractivity contribution in [3.8, 4) is 11.5 Å². The van der Waals surface area contributed by atoms with Crippen molar-refractivity contribution in [2.24, 2.45) is 10.8 Å². The highest BCUT2D eigenvalue weighted by Crippen LogP contribution is 2.49. The summed E-state index contributed by atoms with van der Waals surface area (Å²) < 4.78 is 10.9. The third-order valence-corrected chi connectivity index (χ3v) is 5.65. The molecule has 2 unspecified atom stereocenters. The Kier molecular flexibility index (Phi) is 4.85. The van der Waals surface area contributed by atoms with E-state index in [1.807, 2.05) is 6.07 Å². The third kappa shape index (κ3) is 3.16. The molecule has 136 valence electrons. The zero-order chi connectivity index (χ0) is 18.0. The molecule has 1 saturated heterocycles. The van der Waals surface area contributed by atoms with Gasteiger partial charge in [0.15, 0.2) is 11.5 Å². The molecule has 2 fully saturated rings. The van der Waals surface area contributed by atoms with Crippen LogP contribution in [-0.2, 0) is 5.41 Å². The van der Waals surface area contributed by atoms with Crippen molar-refractivity contribution in [1.29, 1.82) is 0 Å². The van der Waals surface area contributed by atoms with Crippen LogP contribution in [0.25, 0.3) is 0 Å². The van der Waals surface area contributed by atoms with Crippen LogP contribution in [0.3, 0.4) is 0 Å². The Labute approximate surface area is 148 Å². The van der Waals surface area contributed by atoms with E-state index in [1.165, 1.54) is 5.56 Å². The average molecular weight is 346 g/mol. The molecule has 1 aromatic rings. The zero-order valence-corrected chi connectivity index (χ0v) is 15.0. The number of nitrogens with one attached hydrogen (secondary N) is 1. The lowest BCUT2D eigenvalue weighted by atomic mass is 9.65. The molecular weight excluding hydrogens is 320 g/mol. The maximum absolute atomic E-state index is 10.9. The molecule has 0 bridgehead atoms. The predicted octanol–water partition coefficient (Wildman–Crippen LogP) is 1.85. The summed E-state index contributed by atoms with van der Waals surface area (Å²) in [6, 6.07) is 5.96. The Morgan fingerprint density at radius 3 is 2.76 bits per heavy atom. The number of nitrogens with two attached hydrogens (primary N) is 1. The summed E-state index contributed by atoms with van der Waals surface area (Å²) in [5, 5.41) is 4.18. The summed E-state index contributed by atoms with van der Waals surface area (Å²) in [5.41, 5.74) is 9.84. The van der Waals surface area contributed by atoms with Gasteiger partial charge in [-0.05, 0) is 50.6 Å². The molecule has 25 heavy (non-hydrogen) atoms. The lowest BCUT2D eigenvalue weighted by Crippen LogP contribution is -2.46. The largest absolute Gasteiger partial charge is 0.493 e. The standard InChI is InChI=1S/C18H26N4O3/c1-22-9-8-18(12-4-5-14(24-2)15(10-12)25-3)7-6-13(11-16(18)22)20-21-17(19)23/h4-5,10,16H,6-9,11H2,1-3H3,(H3,19,21,23)/b20-13+. The molecule has 1 saturated carbocycles.